The minimum atomic E-state index is -0.356. The summed E-state index contributed by atoms with van der Waals surface area (Å²) < 4.78 is 0. The van der Waals surface area contributed by atoms with Crippen molar-refractivity contribution in [1.29, 1.82) is 0 Å². The Bertz CT molecular complexity index is 430. The zero-order valence-corrected chi connectivity index (χ0v) is 7.56. The monoisotopic (exact) mass is 191 g/mol. The van der Waals surface area contributed by atoms with Crippen LogP contribution in [-0.4, -0.2) is 28.2 Å². The second kappa shape index (κ2) is 3.33. The fraction of sp³-hybridized carbons (Fsp3) is 0.125. The van der Waals surface area contributed by atoms with E-state index in [0.29, 0.717) is 0 Å². The molecule has 72 valence electrons. The van der Waals surface area contributed by atoms with Crippen LogP contribution in [0.1, 0.15) is 0 Å². The molecule has 0 aliphatic rings. The first kappa shape index (κ1) is 8.49. The van der Waals surface area contributed by atoms with Gasteiger partial charge in [-0.3, -0.25) is 0 Å². The van der Waals surface area contributed by atoms with Gasteiger partial charge in [0, 0.05) is 7.05 Å². The lowest BCUT2D eigenvalue weighted by molar-refractivity contribution is 0.250. The number of hydrogen-bond acceptors (Lipinski definition) is 3. The van der Waals surface area contributed by atoms with Crippen LogP contribution in [0, 0.1) is 0 Å². The van der Waals surface area contributed by atoms with E-state index in [4.69, 9.17) is 0 Å². The predicted molar refractivity (Wildman–Crippen MR) is 51.3 cm³/mol. The Labute approximate surface area is 79.9 Å². The highest BCUT2D eigenvalue weighted by molar-refractivity contribution is 5.81. The van der Waals surface area contributed by atoms with E-state index in [1.54, 1.807) is 0 Å². The molecule has 0 saturated carbocycles. The van der Waals surface area contributed by atoms with Crippen LogP contribution in [0.15, 0.2) is 24.3 Å². The van der Waals surface area contributed by atoms with Crippen molar-refractivity contribution in [3.05, 3.63) is 24.3 Å². The molecule has 0 radical (unpaired) electrons. The van der Waals surface area contributed by atoms with Crippen molar-refractivity contribution in [3.8, 4) is 0 Å². The molecule has 2 aromatic rings. The van der Waals surface area contributed by atoms with Gasteiger partial charge in [0.15, 0.2) is 0 Å². The van der Waals surface area contributed by atoms with E-state index in [9.17, 15) is 4.79 Å². The van der Waals surface area contributed by atoms with E-state index >= 15 is 0 Å². The van der Waals surface area contributed by atoms with Crippen molar-refractivity contribution >= 4 is 17.1 Å². The third-order valence-corrected chi connectivity index (χ3v) is 1.72. The van der Waals surface area contributed by atoms with Crippen LogP contribution in [0.25, 0.3) is 11.0 Å². The molecule has 0 unspecified atom stereocenters. The summed E-state index contributed by atoms with van der Waals surface area (Å²) >= 11 is 0. The van der Waals surface area contributed by atoms with E-state index in [1.807, 2.05) is 24.3 Å². The Kier molecular flexibility index (Phi) is 2.02. The van der Waals surface area contributed by atoms with Crippen molar-refractivity contribution in [2.45, 2.75) is 0 Å². The van der Waals surface area contributed by atoms with Crippen molar-refractivity contribution < 1.29 is 4.79 Å². The van der Waals surface area contributed by atoms with Crippen LogP contribution in [0.3, 0.4) is 0 Å². The molecule has 0 saturated heterocycles. The van der Waals surface area contributed by atoms with Gasteiger partial charge in [-0.15, -0.1) is 10.2 Å². The fourth-order valence-electron chi connectivity index (χ4n) is 1.06. The molecule has 2 amide bonds. The van der Waals surface area contributed by atoms with Gasteiger partial charge < -0.3 is 5.32 Å². The van der Waals surface area contributed by atoms with Gasteiger partial charge in [-0.05, 0) is 12.1 Å². The molecule has 1 heterocycles. The number of carbonyl (C=O) groups excluding carboxylic acids is 1. The molecule has 6 nitrogen and oxygen atoms in total. The molecule has 0 atom stereocenters. The van der Waals surface area contributed by atoms with Gasteiger partial charge in [-0.25, -0.2) is 10.2 Å². The van der Waals surface area contributed by atoms with Gasteiger partial charge in [0.05, 0.1) is 0 Å². The van der Waals surface area contributed by atoms with Crippen LogP contribution < -0.4 is 10.7 Å². The number of aromatic nitrogens is 3. The van der Waals surface area contributed by atoms with Gasteiger partial charge in [0.2, 0.25) is 0 Å². The van der Waals surface area contributed by atoms with Gasteiger partial charge in [-0.1, -0.05) is 17.0 Å². The molecule has 0 aliphatic heterocycles. The van der Waals surface area contributed by atoms with Crippen molar-refractivity contribution in [2.24, 2.45) is 0 Å². The molecular formula is C8H9N5O. The fourth-order valence-corrected chi connectivity index (χ4v) is 1.06. The first-order chi connectivity index (χ1) is 6.79. The largest absolute Gasteiger partial charge is 0.340 e. The lowest BCUT2D eigenvalue weighted by Gasteiger charge is -1.99. The number of hydrogen-bond donors (Lipinski definition) is 2. The summed E-state index contributed by atoms with van der Waals surface area (Å²) in [5.74, 6) is 0. The molecule has 2 N–H and O–H groups in total. The van der Waals surface area contributed by atoms with E-state index < -0.39 is 0 Å². The second-order valence-electron chi connectivity index (χ2n) is 2.67. The van der Waals surface area contributed by atoms with Crippen molar-refractivity contribution in [3.63, 3.8) is 0 Å². The number of urea groups is 1. The van der Waals surface area contributed by atoms with E-state index in [-0.39, 0.29) is 6.03 Å². The number of carbonyl (C=O) groups is 1. The van der Waals surface area contributed by atoms with Gasteiger partial charge in [0.25, 0.3) is 0 Å². The summed E-state index contributed by atoms with van der Waals surface area (Å²) in [6.45, 7) is 0. The summed E-state index contributed by atoms with van der Waals surface area (Å²) in [6.07, 6.45) is 0. The molecule has 0 aliphatic carbocycles. The Morgan fingerprint density at radius 1 is 1.29 bits per heavy atom. The molecule has 14 heavy (non-hydrogen) atoms. The van der Waals surface area contributed by atoms with Gasteiger partial charge >= 0.3 is 6.03 Å². The number of rotatable bonds is 1. The lowest BCUT2D eigenvalue weighted by Crippen LogP contribution is -2.32. The van der Waals surface area contributed by atoms with E-state index in [1.165, 1.54) is 7.05 Å². The molecule has 0 fully saturated rings. The van der Waals surface area contributed by atoms with E-state index in [2.05, 4.69) is 20.9 Å². The normalized spacial score (nSPS) is 10.1. The Morgan fingerprint density at radius 3 is 2.36 bits per heavy atom. The highest BCUT2D eigenvalue weighted by Gasteiger charge is 2.02. The summed E-state index contributed by atoms with van der Waals surface area (Å²) in [6, 6.07) is 7.02. The Balaban J connectivity index is 2.31. The van der Waals surface area contributed by atoms with Gasteiger partial charge in [0.1, 0.15) is 11.0 Å². The second-order valence-corrected chi connectivity index (χ2v) is 2.67. The maximum atomic E-state index is 10.9. The first-order valence-electron chi connectivity index (χ1n) is 4.10. The average Bonchev–Trinajstić information content (AvgIpc) is 2.59. The summed E-state index contributed by atoms with van der Waals surface area (Å²) in [5.41, 5.74) is 3.90. The van der Waals surface area contributed by atoms with Crippen LogP contribution in [0.5, 0.6) is 0 Å². The molecule has 1 aromatic carbocycles. The molecule has 2 rings (SSSR count). The summed E-state index contributed by atoms with van der Waals surface area (Å²) in [5, 5.41) is 10.5. The number of nitrogens with zero attached hydrogens (tertiary/aromatic N) is 3. The zero-order valence-electron chi connectivity index (χ0n) is 7.56. The standard InChI is InChI=1S/C8H9N5O/c1-9-8(14)12-13-10-6-4-2-3-5-7(6)11-13/h2-5H,1H3,(H2,9,12,14). The SMILES string of the molecule is CNC(=O)Nn1nc2ccccc2n1. The molecule has 1 aromatic heterocycles. The summed E-state index contributed by atoms with van der Waals surface area (Å²) in [4.78, 5) is 12.1. The highest BCUT2D eigenvalue weighted by atomic mass is 16.2. The smallest absolute Gasteiger partial charge is 0.336 e. The average molecular weight is 191 g/mol. The maximum Gasteiger partial charge on any atom is 0.336 e. The molecular weight excluding hydrogens is 182 g/mol. The zero-order chi connectivity index (χ0) is 9.97. The number of benzene rings is 1. The number of nitrogens with one attached hydrogen (secondary N) is 2. The Hall–Kier alpha value is -2.11. The summed E-state index contributed by atoms with van der Waals surface area (Å²) in [7, 11) is 1.53. The molecule has 0 bridgehead atoms. The topological polar surface area (TPSA) is 71.8 Å². The predicted octanol–water partition coefficient (Wildman–Crippen LogP) is 0.314. The van der Waals surface area contributed by atoms with Crippen molar-refractivity contribution in [1.82, 2.24) is 20.4 Å². The quantitative estimate of drug-likeness (QED) is 0.681. The third-order valence-electron chi connectivity index (χ3n) is 1.72. The molecule has 0 spiro atoms. The van der Waals surface area contributed by atoms with Crippen LogP contribution in [0.2, 0.25) is 0 Å². The minimum absolute atomic E-state index is 0.356. The third kappa shape index (κ3) is 1.49. The Morgan fingerprint density at radius 2 is 1.86 bits per heavy atom. The molecule has 6 heteroatoms. The number of fused-ring (bicyclic) bond motifs is 1. The van der Waals surface area contributed by atoms with Crippen LogP contribution in [0.4, 0.5) is 4.79 Å². The maximum absolute atomic E-state index is 10.9. The lowest BCUT2D eigenvalue weighted by atomic mass is 10.3. The number of amides is 2. The van der Waals surface area contributed by atoms with Gasteiger partial charge in [-0.2, -0.15) is 0 Å². The first-order valence-corrected chi connectivity index (χ1v) is 4.10. The van der Waals surface area contributed by atoms with Crippen LogP contribution in [-0.2, 0) is 0 Å². The highest BCUT2D eigenvalue weighted by Crippen LogP contribution is 2.05. The van der Waals surface area contributed by atoms with E-state index in [0.717, 1.165) is 15.9 Å². The minimum Gasteiger partial charge on any atom is -0.340 e. The van der Waals surface area contributed by atoms with Crippen LogP contribution >= 0.6 is 0 Å². The van der Waals surface area contributed by atoms with Crippen molar-refractivity contribution in [2.75, 3.05) is 12.5 Å².